The van der Waals surface area contributed by atoms with Gasteiger partial charge in [-0.2, -0.15) is 0 Å². The van der Waals surface area contributed by atoms with Crippen molar-refractivity contribution in [1.29, 1.82) is 0 Å². The molecular formula is C16H20N2O5. The number of hydrogen-bond donors (Lipinski definition) is 1. The number of nitro benzene ring substituents is 1. The Bertz CT molecular complexity index is 608. The lowest BCUT2D eigenvalue weighted by atomic mass is 9.81. The number of amides is 1. The molecule has 124 valence electrons. The molecule has 2 rings (SSSR count). The van der Waals surface area contributed by atoms with Gasteiger partial charge in [0, 0.05) is 24.6 Å². The monoisotopic (exact) mass is 320 g/mol. The van der Waals surface area contributed by atoms with Crippen LogP contribution in [0.4, 0.5) is 5.69 Å². The minimum absolute atomic E-state index is 0.00161. The molecule has 0 heterocycles. The number of nitrogens with zero attached hydrogens (tertiary/aromatic N) is 2. The summed E-state index contributed by atoms with van der Waals surface area (Å²) in [6, 6.07) is 6.37. The van der Waals surface area contributed by atoms with Gasteiger partial charge in [-0.25, -0.2) is 0 Å². The second-order valence-electron chi connectivity index (χ2n) is 5.97. The van der Waals surface area contributed by atoms with E-state index >= 15 is 0 Å². The van der Waals surface area contributed by atoms with Gasteiger partial charge in [0.1, 0.15) is 0 Å². The fourth-order valence-corrected chi connectivity index (χ4v) is 3.06. The lowest BCUT2D eigenvalue weighted by Gasteiger charge is -2.29. The number of para-hydroxylation sites is 1. The summed E-state index contributed by atoms with van der Waals surface area (Å²) in [5.41, 5.74) is 0.495. The number of hydrogen-bond acceptors (Lipinski definition) is 4. The molecule has 1 aromatic rings. The maximum absolute atomic E-state index is 12.5. The number of aliphatic carboxylic acids is 1. The van der Waals surface area contributed by atoms with Gasteiger partial charge in [-0.1, -0.05) is 18.2 Å². The van der Waals surface area contributed by atoms with Gasteiger partial charge in [-0.05, 0) is 25.7 Å². The van der Waals surface area contributed by atoms with Crippen molar-refractivity contribution >= 4 is 17.6 Å². The Morgan fingerprint density at radius 3 is 2.35 bits per heavy atom. The summed E-state index contributed by atoms with van der Waals surface area (Å²) in [5.74, 6) is -1.44. The molecule has 1 aliphatic carbocycles. The van der Waals surface area contributed by atoms with E-state index in [1.807, 2.05) is 0 Å². The van der Waals surface area contributed by atoms with Crippen LogP contribution >= 0.6 is 0 Å². The predicted molar refractivity (Wildman–Crippen MR) is 82.7 cm³/mol. The third-order valence-corrected chi connectivity index (χ3v) is 4.40. The average Bonchev–Trinajstić information content (AvgIpc) is 2.54. The smallest absolute Gasteiger partial charge is 0.306 e. The number of rotatable bonds is 5. The maximum Gasteiger partial charge on any atom is 0.306 e. The van der Waals surface area contributed by atoms with E-state index in [1.165, 1.54) is 11.0 Å². The molecule has 1 aromatic carbocycles. The van der Waals surface area contributed by atoms with E-state index in [0.29, 0.717) is 31.2 Å². The molecule has 1 fully saturated rings. The molecule has 23 heavy (non-hydrogen) atoms. The van der Waals surface area contributed by atoms with Crippen molar-refractivity contribution in [2.45, 2.75) is 32.2 Å². The van der Waals surface area contributed by atoms with Crippen LogP contribution in [0.15, 0.2) is 24.3 Å². The highest BCUT2D eigenvalue weighted by Crippen LogP contribution is 2.30. The topological polar surface area (TPSA) is 101 Å². The molecule has 0 atom stereocenters. The molecule has 0 radical (unpaired) electrons. The van der Waals surface area contributed by atoms with Crippen LogP contribution in [-0.4, -0.2) is 33.9 Å². The van der Waals surface area contributed by atoms with E-state index in [9.17, 15) is 19.7 Å². The van der Waals surface area contributed by atoms with Gasteiger partial charge < -0.3 is 10.0 Å². The maximum atomic E-state index is 12.5. The van der Waals surface area contributed by atoms with E-state index < -0.39 is 10.9 Å². The molecule has 7 heteroatoms. The van der Waals surface area contributed by atoms with Crippen LogP contribution < -0.4 is 0 Å². The minimum Gasteiger partial charge on any atom is -0.481 e. The second kappa shape index (κ2) is 7.21. The van der Waals surface area contributed by atoms with E-state index in [1.54, 1.807) is 25.2 Å². The molecule has 0 saturated heterocycles. The number of carboxylic acid groups (broad SMARTS) is 1. The normalized spacial score (nSPS) is 20.7. The highest BCUT2D eigenvalue weighted by atomic mass is 16.6. The summed E-state index contributed by atoms with van der Waals surface area (Å²) >= 11 is 0. The van der Waals surface area contributed by atoms with Crippen molar-refractivity contribution in [3.63, 3.8) is 0 Å². The van der Waals surface area contributed by atoms with Gasteiger partial charge in [0.15, 0.2) is 0 Å². The molecule has 7 nitrogen and oxygen atoms in total. The van der Waals surface area contributed by atoms with Crippen molar-refractivity contribution in [3.8, 4) is 0 Å². The summed E-state index contributed by atoms with van der Waals surface area (Å²) in [6.45, 7) is 0.175. The summed E-state index contributed by atoms with van der Waals surface area (Å²) in [7, 11) is 1.63. The quantitative estimate of drug-likeness (QED) is 0.663. The largest absolute Gasteiger partial charge is 0.481 e. The number of carbonyl (C=O) groups excluding carboxylic acids is 1. The van der Waals surface area contributed by atoms with Crippen molar-refractivity contribution in [2.75, 3.05) is 7.05 Å². The Balaban J connectivity index is 1.99. The summed E-state index contributed by atoms with van der Waals surface area (Å²) in [4.78, 5) is 35.5. The Morgan fingerprint density at radius 2 is 1.78 bits per heavy atom. The van der Waals surface area contributed by atoms with Crippen LogP contribution in [0, 0.1) is 22.0 Å². The fourth-order valence-electron chi connectivity index (χ4n) is 3.06. The first-order chi connectivity index (χ1) is 10.9. The van der Waals surface area contributed by atoms with Gasteiger partial charge in [0.2, 0.25) is 5.91 Å². The first-order valence-electron chi connectivity index (χ1n) is 7.60. The molecule has 1 N–H and O–H groups in total. The minimum atomic E-state index is -0.802. The van der Waals surface area contributed by atoms with Crippen molar-refractivity contribution in [1.82, 2.24) is 4.90 Å². The van der Waals surface area contributed by atoms with Crippen LogP contribution in [0.1, 0.15) is 31.2 Å². The van der Waals surface area contributed by atoms with Gasteiger partial charge in [-0.3, -0.25) is 19.7 Å². The zero-order chi connectivity index (χ0) is 17.0. The van der Waals surface area contributed by atoms with Gasteiger partial charge in [0.05, 0.1) is 17.4 Å². The van der Waals surface area contributed by atoms with Crippen LogP contribution in [0.2, 0.25) is 0 Å². The van der Waals surface area contributed by atoms with Crippen LogP contribution in [0.5, 0.6) is 0 Å². The highest BCUT2D eigenvalue weighted by molar-refractivity contribution is 5.79. The van der Waals surface area contributed by atoms with E-state index in [0.717, 1.165) is 0 Å². The Morgan fingerprint density at radius 1 is 1.22 bits per heavy atom. The first-order valence-corrected chi connectivity index (χ1v) is 7.60. The second-order valence-corrected chi connectivity index (χ2v) is 5.97. The van der Waals surface area contributed by atoms with Crippen molar-refractivity contribution < 1.29 is 19.6 Å². The number of carboxylic acids is 1. The zero-order valence-corrected chi connectivity index (χ0v) is 13.0. The molecule has 1 aliphatic rings. The van der Waals surface area contributed by atoms with Gasteiger partial charge in [-0.15, -0.1) is 0 Å². The van der Waals surface area contributed by atoms with E-state index in [2.05, 4.69) is 0 Å². The number of carbonyl (C=O) groups is 2. The number of benzene rings is 1. The Kier molecular flexibility index (Phi) is 5.31. The predicted octanol–water partition coefficient (Wildman–Crippen LogP) is 2.44. The molecule has 0 unspecified atom stereocenters. The van der Waals surface area contributed by atoms with E-state index in [-0.39, 0.29) is 30.0 Å². The standard InChI is InChI=1S/C16H20N2O5/c1-17(10-13-4-2-3-5-14(13)18(22)23)15(19)11-6-8-12(9-7-11)16(20)21/h2-5,11-12H,6-10H2,1H3,(H,20,21). The third kappa shape index (κ3) is 4.06. The Labute approximate surface area is 134 Å². The molecule has 0 spiro atoms. The Hall–Kier alpha value is -2.44. The van der Waals surface area contributed by atoms with Gasteiger partial charge >= 0.3 is 5.97 Å². The first kappa shape index (κ1) is 16.9. The van der Waals surface area contributed by atoms with Crippen LogP contribution in [0.25, 0.3) is 0 Å². The fraction of sp³-hybridized carbons (Fsp3) is 0.500. The van der Waals surface area contributed by atoms with Crippen molar-refractivity contribution in [2.24, 2.45) is 11.8 Å². The summed E-state index contributed by atoms with van der Waals surface area (Å²) < 4.78 is 0. The zero-order valence-electron chi connectivity index (χ0n) is 13.0. The lowest BCUT2D eigenvalue weighted by molar-refractivity contribution is -0.385. The highest BCUT2D eigenvalue weighted by Gasteiger charge is 2.31. The number of nitro groups is 1. The molecule has 1 saturated carbocycles. The van der Waals surface area contributed by atoms with Gasteiger partial charge in [0.25, 0.3) is 5.69 Å². The molecule has 0 aromatic heterocycles. The lowest BCUT2D eigenvalue weighted by Crippen LogP contribution is -2.35. The average molecular weight is 320 g/mol. The summed E-state index contributed by atoms with van der Waals surface area (Å²) in [5, 5.41) is 20.0. The molecular weight excluding hydrogens is 300 g/mol. The SMILES string of the molecule is CN(Cc1ccccc1[N+](=O)[O-])C(=O)C1CCC(C(=O)O)CC1. The molecule has 1 amide bonds. The third-order valence-electron chi connectivity index (χ3n) is 4.40. The van der Waals surface area contributed by atoms with Crippen LogP contribution in [-0.2, 0) is 16.1 Å². The van der Waals surface area contributed by atoms with Crippen LogP contribution in [0.3, 0.4) is 0 Å². The molecule has 0 bridgehead atoms. The van der Waals surface area contributed by atoms with E-state index in [4.69, 9.17) is 5.11 Å². The molecule has 0 aliphatic heterocycles. The van der Waals surface area contributed by atoms with Crippen molar-refractivity contribution in [3.05, 3.63) is 39.9 Å². The summed E-state index contributed by atoms with van der Waals surface area (Å²) in [6.07, 6.45) is 2.12.